The van der Waals surface area contributed by atoms with Crippen LogP contribution < -0.4 is 4.74 Å². The van der Waals surface area contributed by atoms with Gasteiger partial charge in [0.15, 0.2) is 11.6 Å². The van der Waals surface area contributed by atoms with Crippen molar-refractivity contribution in [2.24, 2.45) is 0 Å². The lowest BCUT2D eigenvalue weighted by atomic mass is 10.3. The summed E-state index contributed by atoms with van der Waals surface area (Å²) < 4.78 is 22.2. The molecule has 0 spiro atoms. The Kier molecular flexibility index (Phi) is 4.31. The predicted molar refractivity (Wildman–Crippen MR) is 80.3 cm³/mol. The minimum atomic E-state index is -0.338. The van der Waals surface area contributed by atoms with E-state index in [0.717, 1.165) is 5.82 Å². The van der Waals surface area contributed by atoms with Crippen LogP contribution in [0.1, 0.15) is 31.5 Å². The van der Waals surface area contributed by atoms with E-state index in [0.29, 0.717) is 18.1 Å². The molecular formula is C15H17FN6O. The number of aryl methyl sites for hydroxylation is 1. The van der Waals surface area contributed by atoms with E-state index in [2.05, 4.69) is 20.2 Å². The summed E-state index contributed by atoms with van der Waals surface area (Å²) in [5, 5.41) is 8.55. The molecule has 0 saturated carbocycles. The average molecular weight is 316 g/mol. The summed E-state index contributed by atoms with van der Waals surface area (Å²) in [4.78, 5) is 8.47. The third-order valence-electron chi connectivity index (χ3n) is 3.41. The van der Waals surface area contributed by atoms with Crippen LogP contribution in [0.2, 0.25) is 0 Å². The number of aromatic nitrogens is 6. The molecule has 0 N–H and O–H groups in total. The Labute approximate surface area is 132 Å². The second-order valence-corrected chi connectivity index (χ2v) is 5.00. The SMILES string of the molecule is CCn1nc(COc2cccc(F)c2)nc1C(C)n1cncn1. The van der Waals surface area contributed by atoms with Gasteiger partial charge in [-0.25, -0.2) is 23.7 Å². The van der Waals surface area contributed by atoms with Gasteiger partial charge in [0, 0.05) is 12.6 Å². The fourth-order valence-corrected chi connectivity index (χ4v) is 2.25. The van der Waals surface area contributed by atoms with E-state index in [1.807, 2.05) is 13.8 Å². The highest BCUT2D eigenvalue weighted by Crippen LogP contribution is 2.17. The molecule has 2 aromatic heterocycles. The van der Waals surface area contributed by atoms with E-state index in [-0.39, 0.29) is 18.5 Å². The summed E-state index contributed by atoms with van der Waals surface area (Å²) in [7, 11) is 0. The molecule has 23 heavy (non-hydrogen) atoms. The second-order valence-electron chi connectivity index (χ2n) is 5.00. The van der Waals surface area contributed by atoms with Crippen LogP contribution in [0.5, 0.6) is 5.75 Å². The molecule has 3 rings (SSSR count). The van der Waals surface area contributed by atoms with Gasteiger partial charge in [-0.15, -0.1) is 0 Å². The maximum Gasteiger partial charge on any atom is 0.188 e. The first-order chi connectivity index (χ1) is 11.2. The maximum absolute atomic E-state index is 13.1. The van der Waals surface area contributed by atoms with Gasteiger partial charge in [0.2, 0.25) is 0 Å². The Morgan fingerprint density at radius 3 is 2.91 bits per heavy atom. The van der Waals surface area contributed by atoms with Crippen molar-refractivity contribution in [2.45, 2.75) is 33.0 Å². The quantitative estimate of drug-likeness (QED) is 0.697. The third-order valence-corrected chi connectivity index (χ3v) is 3.41. The molecule has 0 saturated heterocycles. The van der Waals surface area contributed by atoms with E-state index in [4.69, 9.17) is 4.74 Å². The Morgan fingerprint density at radius 1 is 1.35 bits per heavy atom. The van der Waals surface area contributed by atoms with Gasteiger partial charge >= 0.3 is 0 Å². The summed E-state index contributed by atoms with van der Waals surface area (Å²) in [6, 6.07) is 5.90. The van der Waals surface area contributed by atoms with Crippen molar-refractivity contribution in [3.63, 3.8) is 0 Å². The molecule has 8 heteroatoms. The number of hydrogen-bond acceptors (Lipinski definition) is 5. The summed E-state index contributed by atoms with van der Waals surface area (Å²) in [5.74, 6) is 1.42. The summed E-state index contributed by atoms with van der Waals surface area (Å²) >= 11 is 0. The zero-order valence-electron chi connectivity index (χ0n) is 12.9. The number of ether oxygens (including phenoxy) is 1. The van der Waals surface area contributed by atoms with Crippen LogP contribution in [0, 0.1) is 5.82 Å². The zero-order chi connectivity index (χ0) is 16.2. The largest absolute Gasteiger partial charge is 0.485 e. The van der Waals surface area contributed by atoms with Gasteiger partial charge in [-0.1, -0.05) is 6.07 Å². The smallest absolute Gasteiger partial charge is 0.188 e. The van der Waals surface area contributed by atoms with E-state index < -0.39 is 0 Å². The van der Waals surface area contributed by atoms with Crippen molar-refractivity contribution >= 4 is 0 Å². The molecule has 0 aliphatic heterocycles. The van der Waals surface area contributed by atoms with Crippen molar-refractivity contribution in [3.05, 3.63) is 54.4 Å². The Hall–Kier alpha value is -2.77. The van der Waals surface area contributed by atoms with Gasteiger partial charge in [0.1, 0.15) is 36.9 Å². The van der Waals surface area contributed by atoms with E-state index in [1.54, 1.807) is 27.8 Å². The molecule has 7 nitrogen and oxygen atoms in total. The summed E-state index contributed by atoms with van der Waals surface area (Å²) in [5.41, 5.74) is 0. The van der Waals surface area contributed by atoms with Gasteiger partial charge in [0.05, 0.1) is 0 Å². The Morgan fingerprint density at radius 2 is 2.22 bits per heavy atom. The average Bonchev–Trinajstić information content (AvgIpc) is 3.22. The van der Waals surface area contributed by atoms with E-state index in [1.165, 1.54) is 18.5 Å². The fraction of sp³-hybridized carbons (Fsp3) is 0.333. The molecule has 0 fully saturated rings. The minimum absolute atomic E-state index is 0.0899. The van der Waals surface area contributed by atoms with Gasteiger partial charge in [-0.3, -0.25) is 0 Å². The van der Waals surface area contributed by atoms with Crippen molar-refractivity contribution in [3.8, 4) is 5.75 Å². The van der Waals surface area contributed by atoms with Crippen molar-refractivity contribution < 1.29 is 9.13 Å². The maximum atomic E-state index is 13.1. The zero-order valence-corrected chi connectivity index (χ0v) is 12.9. The lowest BCUT2D eigenvalue weighted by Gasteiger charge is -2.10. The van der Waals surface area contributed by atoms with Gasteiger partial charge in [0.25, 0.3) is 0 Å². The molecule has 1 aromatic carbocycles. The van der Waals surface area contributed by atoms with Crippen LogP contribution in [0.3, 0.4) is 0 Å². The van der Waals surface area contributed by atoms with E-state index >= 15 is 0 Å². The lowest BCUT2D eigenvalue weighted by Crippen LogP contribution is -2.14. The monoisotopic (exact) mass is 316 g/mol. The number of hydrogen-bond donors (Lipinski definition) is 0. The first-order valence-electron chi connectivity index (χ1n) is 7.33. The molecule has 0 bridgehead atoms. The first-order valence-corrected chi connectivity index (χ1v) is 7.33. The van der Waals surface area contributed by atoms with Crippen LogP contribution in [0.25, 0.3) is 0 Å². The van der Waals surface area contributed by atoms with Crippen molar-refractivity contribution in [2.75, 3.05) is 0 Å². The topological polar surface area (TPSA) is 70.7 Å². The molecular weight excluding hydrogens is 299 g/mol. The predicted octanol–water partition coefficient (Wildman–Crippen LogP) is 2.22. The summed E-state index contributed by atoms with van der Waals surface area (Å²) in [6.07, 6.45) is 3.12. The number of benzene rings is 1. The van der Waals surface area contributed by atoms with Crippen LogP contribution in [0.4, 0.5) is 4.39 Å². The van der Waals surface area contributed by atoms with Gasteiger partial charge in [-0.05, 0) is 26.0 Å². The Balaban J connectivity index is 1.76. The molecule has 0 amide bonds. The molecule has 1 unspecified atom stereocenters. The number of rotatable bonds is 6. The van der Waals surface area contributed by atoms with Crippen molar-refractivity contribution in [1.29, 1.82) is 0 Å². The molecule has 120 valence electrons. The van der Waals surface area contributed by atoms with Crippen LogP contribution in [-0.4, -0.2) is 29.5 Å². The highest BCUT2D eigenvalue weighted by Gasteiger charge is 2.18. The highest BCUT2D eigenvalue weighted by molar-refractivity contribution is 5.22. The van der Waals surface area contributed by atoms with Gasteiger partial charge < -0.3 is 4.74 Å². The summed E-state index contributed by atoms with van der Waals surface area (Å²) in [6.45, 7) is 4.82. The standard InChI is InChI=1S/C15H17FN6O/c1-3-21-15(11(2)22-10-17-9-18-22)19-14(20-21)8-23-13-6-4-5-12(16)7-13/h4-7,9-11H,3,8H2,1-2H3. The second kappa shape index (κ2) is 6.55. The number of nitrogens with zero attached hydrogens (tertiary/aromatic N) is 6. The van der Waals surface area contributed by atoms with Crippen molar-refractivity contribution in [1.82, 2.24) is 29.5 Å². The first kappa shape index (κ1) is 15.1. The molecule has 0 radical (unpaired) electrons. The molecule has 0 aliphatic carbocycles. The molecule has 0 aliphatic rings. The van der Waals surface area contributed by atoms with E-state index in [9.17, 15) is 4.39 Å². The van der Waals surface area contributed by atoms with Crippen LogP contribution in [-0.2, 0) is 13.2 Å². The lowest BCUT2D eigenvalue weighted by molar-refractivity contribution is 0.293. The molecule has 1 atom stereocenters. The fourth-order valence-electron chi connectivity index (χ4n) is 2.25. The highest BCUT2D eigenvalue weighted by atomic mass is 19.1. The Bertz CT molecular complexity index is 770. The minimum Gasteiger partial charge on any atom is -0.485 e. The van der Waals surface area contributed by atoms with Crippen LogP contribution >= 0.6 is 0 Å². The normalized spacial score (nSPS) is 12.3. The third kappa shape index (κ3) is 3.36. The van der Waals surface area contributed by atoms with Gasteiger partial charge in [-0.2, -0.15) is 10.2 Å². The molecule has 3 aromatic rings. The van der Waals surface area contributed by atoms with Crippen LogP contribution in [0.15, 0.2) is 36.9 Å². The molecule has 2 heterocycles. The number of halogens is 1.